The number of fused-ring (bicyclic) bond motifs is 5. The summed E-state index contributed by atoms with van der Waals surface area (Å²) in [6.45, 7) is 9.91. The number of ether oxygens (including phenoxy) is 1. The van der Waals surface area contributed by atoms with Gasteiger partial charge in [-0.05, 0) is 63.1 Å². The van der Waals surface area contributed by atoms with Gasteiger partial charge >= 0.3 is 5.97 Å². The Bertz CT molecular complexity index is 928. The topological polar surface area (TPSA) is 124 Å². The van der Waals surface area contributed by atoms with E-state index in [1.807, 2.05) is 27.7 Å². The molecule has 0 aromatic heterocycles. The minimum absolute atomic E-state index is 0.00965. The van der Waals surface area contributed by atoms with Gasteiger partial charge < -0.3 is 20.1 Å². The van der Waals surface area contributed by atoms with Crippen molar-refractivity contribution in [2.75, 3.05) is 13.1 Å². The van der Waals surface area contributed by atoms with Crippen LogP contribution < -0.4 is 0 Å². The van der Waals surface area contributed by atoms with Crippen molar-refractivity contribution in [2.45, 2.75) is 97.2 Å². The fraction of sp³-hybridized carbons (Fsp3) is 0.815. The Labute approximate surface area is 207 Å². The van der Waals surface area contributed by atoms with Gasteiger partial charge in [-0.1, -0.05) is 33.3 Å². The first kappa shape index (κ1) is 26.5. The molecule has 0 aliphatic heterocycles. The summed E-state index contributed by atoms with van der Waals surface area (Å²) < 4.78 is 5.68. The Morgan fingerprint density at radius 2 is 1.89 bits per heavy atom. The first-order valence-corrected chi connectivity index (χ1v) is 13.1. The molecule has 3 saturated carbocycles. The molecule has 4 aliphatic carbocycles. The molecule has 8 nitrogen and oxygen atoms in total. The van der Waals surface area contributed by atoms with Gasteiger partial charge in [0.15, 0.2) is 12.0 Å². The van der Waals surface area contributed by atoms with Gasteiger partial charge in [-0.3, -0.25) is 19.3 Å². The molecule has 0 spiro atoms. The molecule has 2 unspecified atom stereocenters. The van der Waals surface area contributed by atoms with E-state index in [2.05, 4.69) is 0 Å². The number of hydrogen-bond acceptors (Lipinski definition) is 8. The first-order valence-electron chi connectivity index (χ1n) is 13.1. The van der Waals surface area contributed by atoms with E-state index in [0.717, 1.165) is 12.0 Å². The lowest BCUT2D eigenvalue weighted by molar-refractivity contribution is -0.202. The summed E-state index contributed by atoms with van der Waals surface area (Å²) in [6.07, 6.45) is 1.31. The van der Waals surface area contributed by atoms with Crippen molar-refractivity contribution in [3.8, 4) is 0 Å². The van der Waals surface area contributed by atoms with Crippen LogP contribution in [0.15, 0.2) is 11.6 Å². The highest BCUT2D eigenvalue weighted by Crippen LogP contribution is 2.68. The molecule has 0 heterocycles. The summed E-state index contributed by atoms with van der Waals surface area (Å²) in [4.78, 5) is 39.5. The van der Waals surface area contributed by atoms with Gasteiger partial charge in [-0.25, -0.2) is 0 Å². The Balaban J connectivity index is 1.71. The van der Waals surface area contributed by atoms with Crippen molar-refractivity contribution in [1.29, 1.82) is 0 Å². The quantitative estimate of drug-likeness (QED) is 0.381. The second kappa shape index (κ2) is 9.05. The number of nitrogens with zero attached hydrogens (tertiary/aromatic N) is 1. The summed E-state index contributed by atoms with van der Waals surface area (Å²) in [5, 5.41) is 34.3. The summed E-state index contributed by atoms with van der Waals surface area (Å²) in [6, 6.07) is 0. The van der Waals surface area contributed by atoms with E-state index < -0.39 is 46.6 Å². The molecule has 4 rings (SSSR count). The van der Waals surface area contributed by atoms with Crippen LogP contribution in [0, 0.1) is 28.6 Å². The standard InChI is InChI=1S/C27H41NO7/c1-6-28(7-2)24(33)23(32)27(34)11-10-19-18-9-8-16-12-17(30)13-21(35-15(3)29)26(16,5)22(18)20(31)14-25(19,27)4/h12,18-22,24,31,33-34H,6-11,13-14H2,1-5H3/t18-,19-,20-,21?,22+,24?,25-,26+,27-/m0/s1. The molecule has 4 aliphatic rings. The number of carbonyl (C=O) groups excluding carboxylic acids is 3. The zero-order valence-corrected chi connectivity index (χ0v) is 21.6. The highest BCUT2D eigenvalue weighted by Gasteiger charge is 2.70. The van der Waals surface area contributed by atoms with Crippen LogP contribution in [0.25, 0.3) is 0 Å². The molecule has 3 N–H and O–H groups in total. The molecule has 196 valence electrons. The summed E-state index contributed by atoms with van der Waals surface area (Å²) in [7, 11) is 0. The third-order valence-corrected chi connectivity index (χ3v) is 10.2. The van der Waals surface area contributed by atoms with E-state index in [1.54, 1.807) is 11.0 Å². The number of esters is 1. The molecule has 0 aromatic rings. The van der Waals surface area contributed by atoms with Crippen molar-refractivity contribution >= 4 is 17.5 Å². The van der Waals surface area contributed by atoms with Crippen molar-refractivity contribution in [2.24, 2.45) is 28.6 Å². The van der Waals surface area contributed by atoms with E-state index >= 15 is 0 Å². The molecule has 0 saturated heterocycles. The molecule has 0 aromatic carbocycles. The average molecular weight is 492 g/mol. The van der Waals surface area contributed by atoms with Crippen LogP contribution in [-0.4, -0.2) is 74.9 Å². The van der Waals surface area contributed by atoms with Gasteiger partial charge in [0.05, 0.1) is 6.10 Å². The van der Waals surface area contributed by atoms with E-state index in [0.29, 0.717) is 25.9 Å². The average Bonchev–Trinajstić information content (AvgIpc) is 3.05. The number of Topliss-reactive ketones (excluding diaryl/α,β-unsaturated/α-hetero) is 1. The summed E-state index contributed by atoms with van der Waals surface area (Å²) >= 11 is 0. The second-order valence-electron chi connectivity index (χ2n) is 11.6. The van der Waals surface area contributed by atoms with Gasteiger partial charge in [-0.15, -0.1) is 0 Å². The van der Waals surface area contributed by atoms with Crippen molar-refractivity contribution in [1.82, 2.24) is 4.90 Å². The number of carbonyl (C=O) groups is 3. The van der Waals surface area contributed by atoms with Gasteiger partial charge in [0.2, 0.25) is 5.78 Å². The molecule has 9 atom stereocenters. The number of ketones is 2. The maximum Gasteiger partial charge on any atom is 0.302 e. The van der Waals surface area contributed by atoms with Crippen molar-refractivity contribution in [3.63, 3.8) is 0 Å². The predicted molar refractivity (Wildman–Crippen MR) is 128 cm³/mol. The summed E-state index contributed by atoms with van der Waals surface area (Å²) in [5.41, 5.74) is -2.39. The van der Waals surface area contributed by atoms with Crippen LogP contribution in [0.5, 0.6) is 0 Å². The smallest absolute Gasteiger partial charge is 0.302 e. The normalized spacial score (nSPS) is 43.6. The number of hydrogen-bond donors (Lipinski definition) is 3. The molecule has 0 bridgehead atoms. The van der Waals surface area contributed by atoms with E-state index in [1.165, 1.54) is 6.92 Å². The number of aliphatic hydroxyl groups excluding tert-OH is 2. The van der Waals surface area contributed by atoms with Crippen LogP contribution >= 0.6 is 0 Å². The maximum atomic E-state index is 13.5. The fourth-order valence-corrected chi connectivity index (χ4v) is 8.42. The third-order valence-electron chi connectivity index (χ3n) is 10.2. The SMILES string of the molecule is CCN(CC)C(O)C(=O)[C@@]1(O)CC[C@H]2[C@@H]3CCC4=CC(=O)CC(OC(C)=O)[C@]4(C)[C@H]3[C@@H](O)C[C@@]21C. The maximum absolute atomic E-state index is 13.5. The Morgan fingerprint density at radius 3 is 2.49 bits per heavy atom. The highest BCUT2D eigenvalue weighted by molar-refractivity contribution is 5.93. The van der Waals surface area contributed by atoms with Crippen LogP contribution in [0.4, 0.5) is 0 Å². The lowest BCUT2D eigenvalue weighted by Crippen LogP contribution is -2.65. The Kier molecular flexibility index (Phi) is 6.84. The third kappa shape index (κ3) is 3.74. The molecular formula is C27H41NO7. The molecule has 35 heavy (non-hydrogen) atoms. The Hall–Kier alpha value is -1.61. The van der Waals surface area contributed by atoms with Gasteiger partial charge in [0.25, 0.3) is 0 Å². The van der Waals surface area contributed by atoms with Gasteiger partial charge in [0, 0.05) is 30.1 Å². The molecule has 0 amide bonds. The predicted octanol–water partition coefficient (Wildman–Crippen LogP) is 1.99. The van der Waals surface area contributed by atoms with E-state index in [9.17, 15) is 29.7 Å². The second-order valence-corrected chi connectivity index (χ2v) is 11.6. The monoisotopic (exact) mass is 491 g/mol. The fourth-order valence-electron chi connectivity index (χ4n) is 8.42. The minimum Gasteiger partial charge on any atom is -0.461 e. The van der Waals surface area contributed by atoms with E-state index in [4.69, 9.17) is 4.74 Å². The molecular weight excluding hydrogens is 450 g/mol. The van der Waals surface area contributed by atoms with Gasteiger partial charge in [0.1, 0.15) is 11.7 Å². The van der Waals surface area contributed by atoms with Crippen molar-refractivity contribution < 1.29 is 34.4 Å². The zero-order valence-electron chi connectivity index (χ0n) is 21.6. The first-order chi connectivity index (χ1) is 16.3. The summed E-state index contributed by atoms with van der Waals surface area (Å²) in [5.74, 6) is -1.41. The largest absolute Gasteiger partial charge is 0.461 e. The van der Waals surface area contributed by atoms with Crippen LogP contribution in [0.2, 0.25) is 0 Å². The minimum atomic E-state index is -1.74. The number of likely N-dealkylation sites (N-methyl/N-ethyl adjacent to an activating group) is 1. The van der Waals surface area contributed by atoms with Crippen molar-refractivity contribution in [3.05, 3.63) is 11.6 Å². The zero-order chi connectivity index (χ0) is 25.9. The number of aliphatic hydroxyl groups is 3. The van der Waals surface area contributed by atoms with E-state index in [-0.39, 0.29) is 42.8 Å². The van der Waals surface area contributed by atoms with Crippen LogP contribution in [-0.2, 0) is 19.1 Å². The number of rotatable bonds is 6. The lowest BCUT2D eigenvalue weighted by atomic mass is 9.44. The van der Waals surface area contributed by atoms with Crippen LogP contribution in [0.3, 0.4) is 0 Å². The molecule has 3 fully saturated rings. The van der Waals surface area contributed by atoms with Gasteiger partial charge in [-0.2, -0.15) is 0 Å². The molecule has 8 heteroatoms. The Morgan fingerprint density at radius 1 is 1.23 bits per heavy atom. The molecule has 0 radical (unpaired) electrons. The van der Waals surface area contributed by atoms with Crippen LogP contribution in [0.1, 0.15) is 73.1 Å². The lowest BCUT2D eigenvalue weighted by Gasteiger charge is -2.61. The highest BCUT2D eigenvalue weighted by atomic mass is 16.5.